The number of halogens is 1. The zero-order valence-corrected chi connectivity index (χ0v) is 13.7. The topological polar surface area (TPSA) is 33.3 Å². The van der Waals surface area contributed by atoms with Crippen LogP contribution in [-0.4, -0.2) is 11.7 Å². The first-order chi connectivity index (χ1) is 9.19. The van der Waals surface area contributed by atoms with Gasteiger partial charge in [0.25, 0.3) is 0 Å². The lowest BCUT2D eigenvalue weighted by Gasteiger charge is -2.06. The molecule has 0 spiro atoms. The van der Waals surface area contributed by atoms with Crippen LogP contribution in [0.25, 0.3) is 12.2 Å². The van der Waals surface area contributed by atoms with E-state index in [1.807, 2.05) is 67.3 Å². The molecule has 0 fully saturated rings. The number of phenols is 1. The molecule has 106 valence electrons. The first-order valence-electron chi connectivity index (χ1n) is 6.28. The van der Waals surface area contributed by atoms with Crippen molar-refractivity contribution >= 4 is 12.2 Å². The minimum Gasteiger partial charge on any atom is -1.00 e. The van der Waals surface area contributed by atoms with Gasteiger partial charge in [0, 0.05) is 12.1 Å². The van der Waals surface area contributed by atoms with E-state index in [1.165, 1.54) is 0 Å². The molecule has 2 rings (SSSR count). The summed E-state index contributed by atoms with van der Waals surface area (Å²) in [5.74, 6) is 0.690. The summed E-state index contributed by atoms with van der Waals surface area (Å²) in [6.45, 7) is 2.43. The minimum atomic E-state index is 0. The van der Waals surface area contributed by atoms with Crippen LogP contribution in [0.1, 0.15) is 18.1 Å². The molecule has 20 heavy (non-hydrogen) atoms. The molecule has 0 aliphatic heterocycles. The Hall–Kier alpha value is -1.56. The molecule has 0 bridgehead atoms. The average Bonchev–Trinajstić information content (AvgIpc) is 2.42. The summed E-state index contributed by atoms with van der Waals surface area (Å²) in [6, 6.07) is 9.42. The normalized spacial score (nSPS) is 10.3. The number of hydrogen-bond donors (Lipinski definition) is 1. The van der Waals surface area contributed by atoms with Gasteiger partial charge in [-0.2, -0.15) is 0 Å². The fraction of sp³-hybridized carbons (Fsp3) is 0.188. The predicted molar refractivity (Wildman–Crippen MR) is 75.8 cm³/mol. The second-order valence-corrected chi connectivity index (χ2v) is 4.29. The first kappa shape index (κ1) is 16.5. The van der Waals surface area contributed by atoms with Crippen LogP contribution in [-0.2, 0) is 7.05 Å². The number of nitrogens with zero attached hydrogens (tertiary/aromatic N) is 1. The van der Waals surface area contributed by atoms with Gasteiger partial charge in [-0.1, -0.05) is 18.2 Å². The highest BCUT2D eigenvalue weighted by Crippen LogP contribution is 2.27. The first-order valence-corrected chi connectivity index (χ1v) is 6.28. The third-order valence-electron chi connectivity index (χ3n) is 2.76. The van der Waals surface area contributed by atoms with E-state index < -0.39 is 0 Å². The largest absolute Gasteiger partial charge is 1.00 e. The number of pyridine rings is 1. The van der Waals surface area contributed by atoms with Crippen LogP contribution in [0.5, 0.6) is 11.5 Å². The van der Waals surface area contributed by atoms with E-state index in [0.717, 1.165) is 11.1 Å². The van der Waals surface area contributed by atoms with Gasteiger partial charge in [-0.3, -0.25) is 0 Å². The van der Waals surface area contributed by atoms with Crippen molar-refractivity contribution < 1.29 is 38.4 Å². The Bertz CT molecular complexity index is 580. The van der Waals surface area contributed by atoms with Gasteiger partial charge in [-0.15, -0.1) is 0 Å². The molecule has 1 N–H and O–H groups in total. The molecule has 4 heteroatoms. The lowest BCUT2D eigenvalue weighted by atomic mass is 10.1. The van der Waals surface area contributed by atoms with Gasteiger partial charge in [0.1, 0.15) is 7.05 Å². The zero-order chi connectivity index (χ0) is 13.7. The summed E-state index contributed by atoms with van der Waals surface area (Å²) in [5, 5.41) is 9.63. The minimum absolute atomic E-state index is 0. The second-order valence-electron chi connectivity index (χ2n) is 4.29. The third-order valence-corrected chi connectivity index (χ3v) is 2.76. The number of phenolic OH excluding ortho intramolecular Hbond substituents is 1. The van der Waals surface area contributed by atoms with Crippen molar-refractivity contribution in [1.29, 1.82) is 0 Å². The molecule has 0 saturated carbocycles. The fourth-order valence-electron chi connectivity index (χ4n) is 1.72. The van der Waals surface area contributed by atoms with Crippen molar-refractivity contribution in [3.63, 3.8) is 0 Å². The maximum atomic E-state index is 9.63. The van der Waals surface area contributed by atoms with Crippen LogP contribution in [0.4, 0.5) is 0 Å². The van der Waals surface area contributed by atoms with E-state index in [9.17, 15) is 5.11 Å². The molecule has 1 aromatic carbocycles. The van der Waals surface area contributed by atoms with Gasteiger partial charge in [0.2, 0.25) is 0 Å². The van der Waals surface area contributed by atoms with E-state index in [1.54, 1.807) is 6.07 Å². The van der Waals surface area contributed by atoms with Crippen LogP contribution >= 0.6 is 0 Å². The van der Waals surface area contributed by atoms with Crippen LogP contribution < -0.4 is 33.3 Å². The lowest BCUT2D eigenvalue weighted by Crippen LogP contribution is -3.00. The highest BCUT2D eigenvalue weighted by Gasteiger charge is 2.01. The Morgan fingerprint density at radius 2 is 1.75 bits per heavy atom. The van der Waals surface area contributed by atoms with Crippen molar-refractivity contribution in [1.82, 2.24) is 0 Å². The standard InChI is InChI=1S/C16H17NO2.HI/c1-3-19-16-12-14(6-7-15(16)18)5-4-13-8-10-17(2)11-9-13;/h4-12H,3H2,1-2H3;1H. The molecule has 0 aliphatic carbocycles. The molecule has 0 aliphatic rings. The number of ether oxygens (including phenoxy) is 1. The van der Waals surface area contributed by atoms with E-state index in [2.05, 4.69) is 0 Å². The lowest BCUT2D eigenvalue weighted by molar-refractivity contribution is -0.671. The Balaban J connectivity index is 0.00000200. The van der Waals surface area contributed by atoms with Crippen molar-refractivity contribution in [2.24, 2.45) is 7.05 Å². The van der Waals surface area contributed by atoms with Gasteiger partial charge >= 0.3 is 0 Å². The number of aryl methyl sites for hydroxylation is 1. The van der Waals surface area contributed by atoms with Crippen molar-refractivity contribution in [2.45, 2.75) is 6.92 Å². The Morgan fingerprint density at radius 3 is 2.40 bits per heavy atom. The van der Waals surface area contributed by atoms with E-state index >= 15 is 0 Å². The Labute approximate surface area is 136 Å². The van der Waals surface area contributed by atoms with E-state index in [4.69, 9.17) is 4.74 Å². The van der Waals surface area contributed by atoms with E-state index in [0.29, 0.717) is 12.4 Å². The van der Waals surface area contributed by atoms with Crippen LogP contribution in [0.15, 0.2) is 42.7 Å². The molecule has 2 aromatic rings. The summed E-state index contributed by atoms with van der Waals surface area (Å²) in [7, 11) is 1.99. The number of aromatic hydroxyl groups is 1. The molecular formula is C16H18INO2. The molecule has 1 aromatic heterocycles. The Morgan fingerprint density at radius 1 is 1.10 bits per heavy atom. The van der Waals surface area contributed by atoms with Gasteiger partial charge in [-0.05, 0) is 30.2 Å². The molecule has 0 unspecified atom stereocenters. The van der Waals surface area contributed by atoms with Gasteiger partial charge in [0.15, 0.2) is 23.9 Å². The summed E-state index contributed by atoms with van der Waals surface area (Å²) < 4.78 is 7.35. The zero-order valence-electron chi connectivity index (χ0n) is 11.6. The van der Waals surface area contributed by atoms with Crippen LogP contribution in [0, 0.1) is 0 Å². The van der Waals surface area contributed by atoms with Gasteiger partial charge in [-0.25, -0.2) is 4.57 Å². The maximum Gasteiger partial charge on any atom is 0.169 e. The highest BCUT2D eigenvalue weighted by atomic mass is 127. The monoisotopic (exact) mass is 383 g/mol. The Kier molecular flexibility index (Phi) is 6.51. The third kappa shape index (κ3) is 4.52. The highest BCUT2D eigenvalue weighted by molar-refractivity contribution is 5.70. The predicted octanol–water partition coefficient (Wildman–Crippen LogP) is -0.210. The number of rotatable bonds is 4. The maximum absolute atomic E-state index is 9.63. The number of benzene rings is 1. The number of hydrogen-bond acceptors (Lipinski definition) is 2. The van der Waals surface area contributed by atoms with Crippen molar-refractivity contribution in [2.75, 3.05) is 6.61 Å². The van der Waals surface area contributed by atoms with Gasteiger partial charge < -0.3 is 33.8 Å². The summed E-state index contributed by atoms with van der Waals surface area (Å²) >= 11 is 0. The smallest absolute Gasteiger partial charge is 0.169 e. The van der Waals surface area contributed by atoms with Crippen molar-refractivity contribution in [3.8, 4) is 11.5 Å². The molecule has 0 saturated heterocycles. The average molecular weight is 383 g/mol. The second kappa shape index (κ2) is 7.89. The summed E-state index contributed by atoms with van der Waals surface area (Å²) in [5.41, 5.74) is 2.12. The van der Waals surface area contributed by atoms with Crippen LogP contribution in [0.2, 0.25) is 0 Å². The van der Waals surface area contributed by atoms with E-state index in [-0.39, 0.29) is 29.7 Å². The van der Waals surface area contributed by atoms with Gasteiger partial charge in [0.05, 0.1) is 6.61 Å². The molecule has 1 heterocycles. The summed E-state index contributed by atoms with van der Waals surface area (Å²) in [6.07, 6.45) is 8.03. The molecular weight excluding hydrogens is 365 g/mol. The fourth-order valence-corrected chi connectivity index (χ4v) is 1.72. The molecule has 0 amide bonds. The SMILES string of the molecule is CCOc1cc(/C=C/c2cc[n+](C)cc2)ccc1O.[I-]. The molecule has 0 radical (unpaired) electrons. The molecule has 3 nitrogen and oxygen atoms in total. The summed E-state index contributed by atoms with van der Waals surface area (Å²) in [4.78, 5) is 0. The number of aromatic nitrogens is 1. The van der Waals surface area contributed by atoms with Crippen molar-refractivity contribution in [3.05, 3.63) is 53.9 Å². The molecule has 0 atom stereocenters. The van der Waals surface area contributed by atoms with Crippen LogP contribution in [0.3, 0.4) is 0 Å². The quantitative estimate of drug-likeness (QED) is 0.586.